The number of rotatable bonds is 5. The molecule has 2 amide bonds. The molecule has 2 heterocycles. The molecule has 1 aliphatic heterocycles. The molecule has 25 heavy (non-hydrogen) atoms. The maximum Gasteiger partial charge on any atom is 0.371 e. The van der Waals surface area contributed by atoms with Gasteiger partial charge in [-0.3, -0.25) is 9.59 Å². The topological polar surface area (TPSA) is 99.8 Å². The quantitative estimate of drug-likeness (QED) is 0.794. The number of carbonyl (C=O) groups is 3. The monoisotopic (exact) mass is 348 g/mol. The highest BCUT2D eigenvalue weighted by Crippen LogP contribution is 2.28. The Morgan fingerprint density at radius 1 is 1.20 bits per heavy atom. The minimum absolute atomic E-state index is 0.0678. The molecule has 0 radical (unpaired) electrons. The van der Waals surface area contributed by atoms with Crippen LogP contribution in [0.3, 0.4) is 0 Å². The van der Waals surface area contributed by atoms with Crippen LogP contribution in [0.5, 0.6) is 0 Å². The van der Waals surface area contributed by atoms with Crippen molar-refractivity contribution in [2.24, 2.45) is 5.92 Å². The molecule has 0 spiro atoms. The number of nitrogens with zero attached hydrogens (tertiary/aromatic N) is 1. The van der Waals surface area contributed by atoms with E-state index in [-0.39, 0.29) is 42.5 Å². The Balaban J connectivity index is 1.52. The van der Waals surface area contributed by atoms with E-state index in [0.717, 1.165) is 25.7 Å². The minimum Gasteiger partial charge on any atom is -0.475 e. The van der Waals surface area contributed by atoms with E-state index in [9.17, 15) is 14.4 Å². The zero-order chi connectivity index (χ0) is 17.8. The third-order valence-electron chi connectivity index (χ3n) is 5.10. The largest absolute Gasteiger partial charge is 0.475 e. The fraction of sp³-hybridized carbons (Fsp3) is 0.611. The number of carbonyl (C=O) groups excluding carboxylic acids is 2. The van der Waals surface area contributed by atoms with E-state index in [1.165, 1.54) is 25.0 Å². The number of likely N-dealkylation sites (tertiary alicyclic amines) is 1. The summed E-state index contributed by atoms with van der Waals surface area (Å²) in [6.45, 7) is 0.605. The van der Waals surface area contributed by atoms with Crippen LogP contribution < -0.4 is 5.32 Å². The molecule has 0 unspecified atom stereocenters. The van der Waals surface area contributed by atoms with E-state index < -0.39 is 5.97 Å². The van der Waals surface area contributed by atoms with Crippen LogP contribution in [0.15, 0.2) is 16.5 Å². The van der Waals surface area contributed by atoms with Gasteiger partial charge in [-0.1, -0.05) is 25.7 Å². The van der Waals surface area contributed by atoms with Crippen LogP contribution in [-0.2, 0) is 16.1 Å². The van der Waals surface area contributed by atoms with Gasteiger partial charge in [0.15, 0.2) is 0 Å². The zero-order valence-electron chi connectivity index (χ0n) is 14.2. The lowest BCUT2D eigenvalue weighted by atomic mass is 10.1. The Bertz CT molecular complexity index is 646. The van der Waals surface area contributed by atoms with E-state index in [1.54, 1.807) is 0 Å². The van der Waals surface area contributed by atoms with Crippen molar-refractivity contribution in [3.05, 3.63) is 23.7 Å². The van der Waals surface area contributed by atoms with E-state index >= 15 is 0 Å². The first-order valence-corrected chi connectivity index (χ1v) is 8.94. The Morgan fingerprint density at radius 3 is 2.56 bits per heavy atom. The van der Waals surface area contributed by atoms with Crippen molar-refractivity contribution in [3.63, 3.8) is 0 Å². The normalized spacial score (nSPS) is 22.0. The number of carboxylic acids is 1. The van der Waals surface area contributed by atoms with Crippen molar-refractivity contribution < 1.29 is 23.9 Å². The smallest absolute Gasteiger partial charge is 0.371 e. The molecule has 1 aliphatic carbocycles. The molecule has 1 saturated carbocycles. The van der Waals surface area contributed by atoms with Crippen LogP contribution in [0, 0.1) is 5.92 Å². The Hall–Kier alpha value is -2.31. The summed E-state index contributed by atoms with van der Waals surface area (Å²) in [7, 11) is 0. The molecule has 7 nitrogen and oxygen atoms in total. The molecule has 2 N–H and O–H groups in total. The van der Waals surface area contributed by atoms with Crippen molar-refractivity contribution in [3.8, 4) is 0 Å². The van der Waals surface area contributed by atoms with Crippen LogP contribution in [-0.4, -0.2) is 40.4 Å². The van der Waals surface area contributed by atoms with Crippen LogP contribution in [0.1, 0.15) is 61.3 Å². The Labute approximate surface area is 146 Å². The molecule has 0 bridgehead atoms. The van der Waals surface area contributed by atoms with E-state index in [0.29, 0.717) is 12.3 Å². The first-order valence-electron chi connectivity index (χ1n) is 8.94. The maximum atomic E-state index is 12.4. The molecule has 136 valence electrons. The van der Waals surface area contributed by atoms with Gasteiger partial charge in [0.05, 0.1) is 12.5 Å². The molecule has 7 heteroatoms. The summed E-state index contributed by atoms with van der Waals surface area (Å²) in [6.07, 6.45) is 7.06. The summed E-state index contributed by atoms with van der Waals surface area (Å²) in [4.78, 5) is 37.3. The van der Waals surface area contributed by atoms with Crippen molar-refractivity contribution in [1.82, 2.24) is 10.2 Å². The van der Waals surface area contributed by atoms with Crippen LogP contribution in [0.4, 0.5) is 0 Å². The van der Waals surface area contributed by atoms with Crippen molar-refractivity contribution in [2.75, 3.05) is 6.54 Å². The highest BCUT2D eigenvalue weighted by Gasteiger charge is 2.37. The van der Waals surface area contributed by atoms with Gasteiger partial charge in [-0.25, -0.2) is 4.79 Å². The van der Waals surface area contributed by atoms with Crippen molar-refractivity contribution in [2.45, 2.75) is 57.5 Å². The lowest BCUT2D eigenvalue weighted by molar-refractivity contribution is -0.130. The maximum absolute atomic E-state index is 12.4. The Kier molecular flexibility index (Phi) is 5.40. The van der Waals surface area contributed by atoms with Gasteiger partial charge in [0.25, 0.3) is 0 Å². The number of amides is 2. The first-order chi connectivity index (χ1) is 12.0. The van der Waals surface area contributed by atoms with Crippen LogP contribution >= 0.6 is 0 Å². The Morgan fingerprint density at radius 2 is 1.92 bits per heavy atom. The van der Waals surface area contributed by atoms with E-state index in [4.69, 9.17) is 9.52 Å². The highest BCUT2D eigenvalue weighted by molar-refractivity contribution is 5.89. The number of furan rings is 1. The van der Waals surface area contributed by atoms with Crippen LogP contribution in [0.2, 0.25) is 0 Å². The first kappa shape index (κ1) is 17.5. The number of nitrogens with one attached hydrogen (secondary N) is 1. The number of carboxylic acid groups (broad SMARTS) is 1. The highest BCUT2D eigenvalue weighted by atomic mass is 16.4. The van der Waals surface area contributed by atoms with Gasteiger partial charge in [0.2, 0.25) is 17.6 Å². The standard InChI is InChI=1S/C18H24N2O5/c21-16-9-12(11-20(16)13-5-3-1-2-4-6-13)17(22)19-10-14-7-8-15(25-14)18(23)24/h7-8,12-13H,1-6,9-11H2,(H,19,22)(H,23,24)/t12-/m0/s1. The van der Waals surface area contributed by atoms with Crippen molar-refractivity contribution in [1.29, 1.82) is 0 Å². The second-order valence-corrected chi connectivity index (χ2v) is 6.88. The average Bonchev–Trinajstić information content (AvgIpc) is 3.12. The predicted octanol–water partition coefficient (Wildman–Crippen LogP) is 2.17. The summed E-state index contributed by atoms with van der Waals surface area (Å²) in [5, 5.41) is 11.6. The van der Waals surface area contributed by atoms with Gasteiger partial charge >= 0.3 is 5.97 Å². The third-order valence-corrected chi connectivity index (χ3v) is 5.10. The summed E-state index contributed by atoms with van der Waals surface area (Å²) in [5.74, 6) is -1.37. The lowest BCUT2D eigenvalue weighted by Gasteiger charge is -2.27. The van der Waals surface area contributed by atoms with Gasteiger partial charge in [-0.15, -0.1) is 0 Å². The molecule has 1 saturated heterocycles. The second-order valence-electron chi connectivity index (χ2n) is 6.88. The fourth-order valence-corrected chi connectivity index (χ4v) is 3.74. The SMILES string of the molecule is O=C(O)c1ccc(CNC(=O)[C@H]2CC(=O)N(C3CCCCCC3)C2)o1. The molecule has 1 aromatic heterocycles. The molecule has 2 fully saturated rings. The van der Waals surface area contributed by atoms with Gasteiger partial charge < -0.3 is 19.7 Å². The van der Waals surface area contributed by atoms with Crippen LogP contribution in [0.25, 0.3) is 0 Å². The summed E-state index contributed by atoms with van der Waals surface area (Å²) in [5.41, 5.74) is 0. The lowest BCUT2D eigenvalue weighted by Crippen LogP contribution is -2.38. The van der Waals surface area contributed by atoms with Gasteiger partial charge in [0, 0.05) is 19.0 Å². The summed E-state index contributed by atoms with van der Waals surface area (Å²) >= 11 is 0. The molecular weight excluding hydrogens is 324 g/mol. The number of aromatic carboxylic acids is 1. The van der Waals surface area contributed by atoms with Gasteiger partial charge in [-0.05, 0) is 25.0 Å². The molecule has 0 aromatic carbocycles. The van der Waals surface area contributed by atoms with Crippen molar-refractivity contribution >= 4 is 17.8 Å². The zero-order valence-corrected chi connectivity index (χ0v) is 14.2. The second kappa shape index (κ2) is 7.72. The molecular formula is C18H24N2O5. The van der Waals surface area contributed by atoms with E-state index in [2.05, 4.69) is 5.32 Å². The third kappa shape index (κ3) is 4.21. The minimum atomic E-state index is -1.14. The molecule has 2 aliphatic rings. The fourth-order valence-electron chi connectivity index (χ4n) is 3.74. The summed E-state index contributed by atoms with van der Waals surface area (Å²) in [6, 6.07) is 3.16. The predicted molar refractivity (Wildman–Crippen MR) is 88.8 cm³/mol. The van der Waals surface area contributed by atoms with E-state index in [1.807, 2.05) is 4.90 Å². The molecule has 3 rings (SSSR count). The van der Waals surface area contributed by atoms with Gasteiger partial charge in [-0.2, -0.15) is 0 Å². The number of hydrogen-bond acceptors (Lipinski definition) is 4. The number of hydrogen-bond donors (Lipinski definition) is 2. The van der Waals surface area contributed by atoms with Gasteiger partial charge in [0.1, 0.15) is 5.76 Å². The summed E-state index contributed by atoms with van der Waals surface area (Å²) < 4.78 is 5.12. The average molecular weight is 348 g/mol. The molecule has 1 atom stereocenters. The molecule has 1 aromatic rings.